The van der Waals surface area contributed by atoms with E-state index < -0.39 is 0 Å². The van der Waals surface area contributed by atoms with Crippen molar-refractivity contribution >= 4 is 27.7 Å². The molecule has 0 atom stereocenters. The highest BCUT2D eigenvalue weighted by atomic mass is 79.9. The van der Waals surface area contributed by atoms with E-state index in [0.29, 0.717) is 13.2 Å². The number of carbonyl (C=O) groups excluding carboxylic acids is 1. The number of halogens is 1. The van der Waals surface area contributed by atoms with Crippen molar-refractivity contribution in [2.45, 2.75) is 6.92 Å². The summed E-state index contributed by atoms with van der Waals surface area (Å²) in [6.07, 6.45) is -0.258. The van der Waals surface area contributed by atoms with Crippen molar-refractivity contribution in [3.63, 3.8) is 0 Å². The van der Waals surface area contributed by atoms with E-state index in [2.05, 4.69) is 15.9 Å². The lowest BCUT2D eigenvalue weighted by Gasteiger charge is -2.15. The third kappa shape index (κ3) is 1.50. The molecule has 0 aromatic heterocycles. The minimum Gasteiger partial charge on any atom is -0.447 e. The Morgan fingerprint density at radius 3 is 2.93 bits per heavy atom. The van der Waals surface area contributed by atoms with E-state index in [1.54, 1.807) is 4.90 Å². The van der Waals surface area contributed by atoms with Crippen LogP contribution in [-0.4, -0.2) is 19.2 Å². The molecule has 1 aliphatic rings. The molecule has 1 aliphatic heterocycles. The zero-order valence-electron chi connectivity index (χ0n) is 7.79. The summed E-state index contributed by atoms with van der Waals surface area (Å²) in [4.78, 5) is 13.0. The van der Waals surface area contributed by atoms with Crippen LogP contribution in [0.4, 0.5) is 10.5 Å². The number of ether oxygens (including phenoxy) is 1. The van der Waals surface area contributed by atoms with E-state index in [-0.39, 0.29) is 6.09 Å². The van der Waals surface area contributed by atoms with Crippen LogP contribution < -0.4 is 4.90 Å². The van der Waals surface area contributed by atoms with Crippen molar-refractivity contribution in [1.29, 1.82) is 0 Å². The summed E-state index contributed by atoms with van der Waals surface area (Å²) in [7, 11) is 0. The van der Waals surface area contributed by atoms with Gasteiger partial charge in [-0.25, -0.2) is 4.79 Å². The summed E-state index contributed by atoms with van der Waals surface area (Å²) in [5, 5.41) is 0. The van der Waals surface area contributed by atoms with Crippen molar-refractivity contribution in [2.75, 3.05) is 18.1 Å². The highest BCUT2D eigenvalue weighted by molar-refractivity contribution is 9.10. The first-order valence-corrected chi connectivity index (χ1v) is 5.19. The van der Waals surface area contributed by atoms with E-state index in [4.69, 9.17) is 4.74 Å². The predicted molar refractivity (Wildman–Crippen MR) is 57.6 cm³/mol. The molecule has 74 valence electrons. The molecule has 1 heterocycles. The van der Waals surface area contributed by atoms with Gasteiger partial charge >= 0.3 is 6.09 Å². The van der Waals surface area contributed by atoms with Gasteiger partial charge < -0.3 is 4.74 Å². The van der Waals surface area contributed by atoms with Crippen LogP contribution in [0.15, 0.2) is 22.7 Å². The Labute approximate surface area is 90.8 Å². The van der Waals surface area contributed by atoms with Gasteiger partial charge in [0, 0.05) is 4.47 Å². The maximum atomic E-state index is 11.3. The van der Waals surface area contributed by atoms with Crippen molar-refractivity contribution in [1.82, 2.24) is 0 Å². The highest BCUT2D eigenvalue weighted by Crippen LogP contribution is 2.28. The Kier molecular flexibility index (Phi) is 2.46. The van der Waals surface area contributed by atoms with Gasteiger partial charge in [-0.15, -0.1) is 0 Å². The van der Waals surface area contributed by atoms with Crippen molar-refractivity contribution in [3.8, 4) is 0 Å². The summed E-state index contributed by atoms with van der Waals surface area (Å²) < 4.78 is 5.90. The van der Waals surface area contributed by atoms with E-state index >= 15 is 0 Å². The Hall–Kier alpha value is -1.03. The van der Waals surface area contributed by atoms with Crippen molar-refractivity contribution in [2.24, 2.45) is 0 Å². The van der Waals surface area contributed by atoms with Crippen LogP contribution in [0.5, 0.6) is 0 Å². The minimum atomic E-state index is -0.258. The fraction of sp³-hybridized carbons (Fsp3) is 0.300. The van der Waals surface area contributed by atoms with Gasteiger partial charge in [0.1, 0.15) is 6.61 Å². The second kappa shape index (κ2) is 3.61. The number of anilines is 1. The molecule has 0 saturated carbocycles. The van der Waals surface area contributed by atoms with E-state index in [1.807, 2.05) is 25.1 Å². The average molecular weight is 256 g/mol. The molecule has 1 aromatic rings. The molecule has 4 heteroatoms. The highest BCUT2D eigenvalue weighted by Gasteiger charge is 2.24. The van der Waals surface area contributed by atoms with Crippen molar-refractivity contribution in [3.05, 3.63) is 28.2 Å². The summed E-state index contributed by atoms with van der Waals surface area (Å²) in [5.41, 5.74) is 1.98. The number of hydrogen-bond donors (Lipinski definition) is 0. The van der Waals surface area contributed by atoms with Crippen molar-refractivity contribution < 1.29 is 9.53 Å². The molecule has 3 nitrogen and oxygen atoms in total. The van der Waals surface area contributed by atoms with Gasteiger partial charge in [-0.05, 0) is 24.6 Å². The average Bonchev–Trinajstić information content (AvgIpc) is 2.57. The van der Waals surface area contributed by atoms with E-state index in [9.17, 15) is 4.79 Å². The largest absolute Gasteiger partial charge is 0.447 e. The normalized spacial score (nSPS) is 15.9. The fourth-order valence-electron chi connectivity index (χ4n) is 1.50. The molecule has 1 aromatic carbocycles. The quantitative estimate of drug-likeness (QED) is 0.773. The summed E-state index contributed by atoms with van der Waals surface area (Å²) in [6, 6.07) is 5.80. The number of carbonyl (C=O) groups is 1. The number of hydrogen-bond acceptors (Lipinski definition) is 2. The molecule has 0 unspecified atom stereocenters. The molecule has 0 N–H and O–H groups in total. The Bertz CT molecular complexity index is 378. The predicted octanol–water partition coefficient (Wildman–Crippen LogP) is 2.71. The molecule has 0 radical (unpaired) electrons. The number of amides is 1. The third-order valence-corrected chi connectivity index (χ3v) is 3.15. The van der Waals surface area contributed by atoms with Gasteiger partial charge in [0.2, 0.25) is 0 Å². The first-order valence-electron chi connectivity index (χ1n) is 4.39. The molecule has 2 rings (SSSR count). The Morgan fingerprint density at radius 1 is 1.50 bits per heavy atom. The standard InChI is InChI=1S/C10H10BrNO2/c1-7-8(11)3-2-4-9(7)12-5-6-14-10(12)13/h2-4H,5-6H2,1H3. The molecule has 1 saturated heterocycles. The topological polar surface area (TPSA) is 29.5 Å². The van der Waals surface area contributed by atoms with Gasteiger partial charge in [-0.3, -0.25) is 4.90 Å². The van der Waals surface area contributed by atoms with Crippen LogP contribution in [0.1, 0.15) is 5.56 Å². The SMILES string of the molecule is Cc1c(Br)cccc1N1CCOC1=O. The number of benzene rings is 1. The lowest BCUT2D eigenvalue weighted by molar-refractivity contribution is 0.181. The zero-order valence-corrected chi connectivity index (χ0v) is 9.37. The molecule has 0 bridgehead atoms. The summed E-state index contributed by atoms with van der Waals surface area (Å²) in [6.45, 7) is 3.09. The molecule has 14 heavy (non-hydrogen) atoms. The minimum absolute atomic E-state index is 0.258. The Balaban J connectivity index is 2.41. The molecule has 1 amide bonds. The lowest BCUT2D eigenvalue weighted by atomic mass is 10.2. The molecule has 0 spiro atoms. The first kappa shape index (κ1) is 9.52. The zero-order chi connectivity index (χ0) is 10.1. The molecular formula is C10H10BrNO2. The molecule has 1 fully saturated rings. The first-order chi connectivity index (χ1) is 6.70. The molecular weight excluding hydrogens is 246 g/mol. The van der Waals surface area contributed by atoms with Gasteiger partial charge in [0.25, 0.3) is 0 Å². The maximum Gasteiger partial charge on any atom is 0.414 e. The Morgan fingerprint density at radius 2 is 2.29 bits per heavy atom. The number of rotatable bonds is 1. The fourth-order valence-corrected chi connectivity index (χ4v) is 1.86. The van der Waals surface area contributed by atoms with Gasteiger partial charge in [-0.2, -0.15) is 0 Å². The second-order valence-corrected chi connectivity index (χ2v) is 4.00. The van der Waals surface area contributed by atoms with E-state index in [0.717, 1.165) is 15.7 Å². The van der Waals surface area contributed by atoms with Crippen LogP contribution in [0.25, 0.3) is 0 Å². The van der Waals surface area contributed by atoms with Gasteiger partial charge in [0.15, 0.2) is 0 Å². The van der Waals surface area contributed by atoms with Crippen LogP contribution in [0.3, 0.4) is 0 Å². The lowest BCUT2D eigenvalue weighted by Crippen LogP contribution is -2.24. The summed E-state index contributed by atoms with van der Waals surface area (Å²) >= 11 is 3.43. The monoisotopic (exact) mass is 255 g/mol. The smallest absolute Gasteiger partial charge is 0.414 e. The summed E-state index contributed by atoms with van der Waals surface area (Å²) in [5.74, 6) is 0. The van der Waals surface area contributed by atoms with Crippen LogP contribution in [0, 0.1) is 6.92 Å². The van der Waals surface area contributed by atoms with Crippen LogP contribution in [0.2, 0.25) is 0 Å². The molecule has 0 aliphatic carbocycles. The number of nitrogens with zero attached hydrogens (tertiary/aromatic N) is 1. The second-order valence-electron chi connectivity index (χ2n) is 3.15. The van der Waals surface area contributed by atoms with Gasteiger partial charge in [0.05, 0.1) is 12.2 Å². The van der Waals surface area contributed by atoms with E-state index in [1.165, 1.54) is 0 Å². The van der Waals surface area contributed by atoms with Gasteiger partial charge in [-0.1, -0.05) is 22.0 Å². The van der Waals surface area contributed by atoms with Crippen LogP contribution in [-0.2, 0) is 4.74 Å². The number of cyclic esters (lactones) is 1. The van der Waals surface area contributed by atoms with Crippen LogP contribution >= 0.6 is 15.9 Å². The third-order valence-electron chi connectivity index (χ3n) is 2.29. The maximum absolute atomic E-state index is 11.3.